The lowest BCUT2D eigenvalue weighted by molar-refractivity contribution is -0.132. The van der Waals surface area contributed by atoms with Crippen LogP contribution in [0.1, 0.15) is 77.2 Å². The highest BCUT2D eigenvalue weighted by Gasteiger charge is 2.42. The lowest BCUT2D eigenvalue weighted by Gasteiger charge is -2.48. The largest absolute Gasteiger partial charge is 0.370 e. The van der Waals surface area contributed by atoms with Crippen molar-refractivity contribution in [3.05, 3.63) is 66.0 Å². The van der Waals surface area contributed by atoms with Gasteiger partial charge in [0.2, 0.25) is 17.7 Å². The number of halogens is 2. The Morgan fingerprint density at radius 2 is 1.49 bits per heavy atom. The predicted molar refractivity (Wildman–Crippen MR) is 259 cm³/mol. The fraction of sp³-hybridized carbons (Fsp3) is 0.600. The first-order valence-electron chi connectivity index (χ1n) is 24.8. The summed E-state index contributed by atoms with van der Waals surface area (Å²) in [6.07, 6.45) is 8.32. The van der Waals surface area contributed by atoms with Crippen molar-refractivity contribution in [1.29, 1.82) is 0 Å². The van der Waals surface area contributed by atoms with Gasteiger partial charge < -0.3 is 30.2 Å². The van der Waals surface area contributed by atoms with Crippen LogP contribution in [0.5, 0.6) is 0 Å². The molecule has 3 aromatic rings. The van der Waals surface area contributed by atoms with Crippen molar-refractivity contribution < 1.29 is 28.0 Å². The molecule has 18 heteroatoms. The van der Waals surface area contributed by atoms with Crippen molar-refractivity contribution in [1.82, 2.24) is 35.3 Å². The number of hydrogen-bond acceptors (Lipinski definition) is 12. The summed E-state index contributed by atoms with van der Waals surface area (Å²) in [5.41, 5.74) is 2.11. The van der Waals surface area contributed by atoms with Crippen LogP contribution in [0.25, 0.3) is 0 Å². The van der Waals surface area contributed by atoms with E-state index in [1.165, 1.54) is 12.1 Å². The maximum absolute atomic E-state index is 15.7. The van der Waals surface area contributed by atoms with Crippen molar-refractivity contribution in [2.24, 2.45) is 11.3 Å². The van der Waals surface area contributed by atoms with Gasteiger partial charge in [-0.05, 0) is 99.7 Å². The second kappa shape index (κ2) is 20.5. The van der Waals surface area contributed by atoms with E-state index in [1.807, 2.05) is 23.1 Å². The van der Waals surface area contributed by atoms with Gasteiger partial charge in [-0.25, -0.2) is 23.5 Å². The number of anilines is 5. The molecule has 1 aromatic heterocycles. The van der Waals surface area contributed by atoms with Crippen LogP contribution >= 0.6 is 0 Å². The van der Waals surface area contributed by atoms with Crippen LogP contribution in [0.15, 0.2) is 48.8 Å². The third-order valence-corrected chi connectivity index (χ3v) is 15.3. The molecule has 16 nitrogen and oxygen atoms in total. The summed E-state index contributed by atoms with van der Waals surface area (Å²) in [4.78, 5) is 73.6. The van der Waals surface area contributed by atoms with Gasteiger partial charge in [0.15, 0.2) is 0 Å². The summed E-state index contributed by atoms with van der Waals surface area (Å²) in [5.74, 6) is 0.859. The Labute approximate surface area is 398 Å². The number of nitrogens with zero attached hydrogens (tertiary/aromatic N) is 9. The Kier molecular flexibility index (Phi) is 14.3. The summed E-state index contributed by atoms with van der Waals surface area (Å²) in [6.45, 7) is 15.7. The second-order valence-electron chi connectivity index (χ2n) is 20.7. The normalized spacial score (nSPS) is 21.8. The summed E-state index contributed by atoms with van der Waals surface area (Å²) >= 11 is 0. The van der Waals surface area contributed by atoms with Crippen LogP contribution in [0.2, 0.25) is 0 Å². The van der Waals surface area contributed by atoms with Gasteiger partial charge in [0, 0.05) is 127 Å². The van der Waals surface area contributed by atoms with Gasteiger partial charge in [0.05, 0.1) is 17.8 Å². The lowest BCUT2D eigenvalue weighted by Crippen LogP contribution is -2.66. The molecule has 7 heterocycles. The van der Waals surface area contributed by atoms with Gasteiger partial charge in [0.1, 0.15) is 29.6 Å². The molecule has 0 saturated carbocycles. The molecule has 6 saturated heterocycles. The van der Waals surface area contributed by atoms with Crippen molar-refractivity contribution in [3.63, 3.8) is 0 Å². The summed E-state index contributed by atoms with van der Waals surface area (Å²) in [5, 5.41) is 8.96. The van der Waals surface area contributed by atoms with E-state index in [9.17, 15) is 19.2 Å². The van der Waals surface area contributed by atoms with E-state index in [-0.39, 0.29) is 41.4 Å². The molecule has 2 aromatic carbocycles. The number of benzene rings is 2. The number of carbonyl (C=O) groups is 4. The Balaban J connectivity index is 0.669. The second-order valence-corrected chi connectivity index (χ2v) is 20.7. The number of amides is 5. The number of nitrogens with one attached hydrogen (secondary N) is 3. The summed E-state index contributed by atoms with van der Waals surface area (Å²) < 4.78 is 31.2. The van der Waals surface area contributed by atoms with Gasteiger partial charge in [-0.3, -0.25) is 34.4 Å². The average molecular weight is 939 g/mol. The number of piperidine rings is 3. The van der Waals surface area contributed by atoms with E-state index in [4.69, 9.17) is 0 Å². The van der Waals surface area contributed by atoms with E-state index in [0.29, 0.717) is 88.7 Å². The molecule has 366 valence electrons. The quantitative estimate of drug-likeness (QED) is 0.197. The average Bonchev–Trinajstić information content (AvgIpc) is 3.33. The molecule has 0 bridgehead atoms. The molecule has 6 aliphatic rings. The fourth-order valence-corrected chi connectivity index (χ4v) is 10.9. The zero-order valence-corrected chi connectivity index (χ0v) is 39.8. The molecule has 0 radical (unpaired) electrons. The van der Waals surface area contributed by atoms with E-state index in [2.05, 4.69) is 71.5 Å². The topological polar surface area (TPSA) is 153 Å². The number of hydrogen-bond donors (Lipinski definition) is 3. The van der Waals surface area contributed by atoms with Crippen LogP contribution in [0.4, 0.5) is 42.3 Å². The maximum Gasteiger partial charge on any atom is 0.328 e. The van der Waals surface area contributed by atoms with Crippen molar-refractivity contribution in [3.8, 4) is 0 Å². The van der Waals surface area contributed by atoms with Crippen LogP contribution in [-0.2, 0) is 20.9 Å². The first-order chi connectivity index (χ1) is 32.8. The van der Waals surface area contributed by atoms with Gasteiger partial charge >= 0.3 is 6.03 Å². The smallest absolute Gasteiger partial charge is 0.328 e. The third-order valence-electron chi connectivity index (χ3n) is 15.3. The zero-order valence-electron chi connectivity index (χ0n) is 39.8. The standard InChI is InChI=1S/C50H68F2N12O4/c1-49(2)12-20-58(21-13-49)32-37-28-41(52)42(29-40(37)51)63-33-46(66)57-50(34-63)14-22-61(23-15-50)44-30-43(54-35-55-44)53-16-3-4-47(67)62-17-9-36(10-18-62)31-59-24-26-60(27-25-59)38-5-7-39(8-6-38)64-19-11-45(65)56-48(64)68/h5-8,28-30,35-36H,3-4,9-27,31-34H2,1-2H3,(H,57,66)(H,53,54,55)(H,56,65,68). The zero-order chi connectivity index (χ0) is 47.4. The Hall–Kier alpha value is -5.62. The number of carbonyl (C=O) groups excluding carboxylic acids is 4. The minimum absolute atomic E-state index is 0.0246. The number of aromatic nitrogens is 2. The van der Waals surface area contributed by atoms with E-state index >= 15 is 8.78 Å². The molecule has 6 fully saturated rings. The van der Waals surface area contributed by atoms with Crippen molar-refractivity contribution in [2.45, 2.75) is 83.7 Å². The van der Waals surface area contributed by atoms with Crippen LogP contribution in [0.3, 0.4) is 0 Å². The summed E-state index contributed by atoms with van der Waals surface area (Å²) in [6, 6.07) is 12.1. The number of piperazine rings is 2. The van der Waals surface area contributed by atoms with Gasteiger partial charge in [-0.1, -0.05) is 13.8 Å². The maximum atomic E-state index is 15.7. The molecule has 0 atom stereocenters. The number of urea groups is 1. The molecule has 0 unspecified atom stereocenters. The predicted octanol–water partition coefficient (Wildman–Crippen LogP) is 5.05. The Bertz CT molecular complexity index is 2280. The molecular formula is C50H68F2N12O4. The third kappa shape index (κ3) is 11.4. The molecule has 68 heavy (non-hydrogen) atoms. The lowest BCUT2D eigenvalue weighted by atomic mass is 9.82. The number of imide groups is 1. The summed E-state index contributed by atoms with van der Waals surface area (Å²) in [7, 11) is 0. The van der Waals surface area contributed by atoms with E-state index in [0.717, 1.165) is 102 Å². The highest BCUT2D eigenvalue weighted by Crippen LogP contribution is 2.35. The monoisotopic (exact) mass is 939 g/mol. The highest BCUT2D eigenvalue weighted by molar-refractivity contribution is 6.05. The molecular weight excluding hydrogens is 871 g/mol. The van der Waals surface area contributed by atoms with Gasteiger partial charge in [-0.15, -0.1) is 0 Å². The fourth-order valence-electron chi connectivity index (χ4n) is 10.9. The van der Waals surface area contributed by atoms with Crippen molar-refractivity contribution >= 4 is 52.5 Å². The minimum Gasteiger partial charge on any atom is -0.370 e. The number of rotatable bonds is 13. The SMILES string of the molecule is CC1(C)CCN(Cc2cc(F)c(N3CC(=O)NC4(CCN(c5cc(NCCCC(=O)N6CCC(CN7CCN(c8ccc(N9CCC(=O)NC9=O)cc8)CC7)CC6)ncn5)CC4)C3)cc2F)CC1. The molecule has 6 aliphatic heterocycles. The Morgan fingerprint density at radius 1 is 0.765 bits per heavy atom. The van der Waals surface area contributed by atoms with Crippen LogP contribution < -0.4 is 35.6 Å². The molecule has 3 N–H and O–H groups in total. The molecule has 9 rings (SSSR count). The van der Waals surface area contributed by atoms with Crippen molar-refractivity contribution in [2.75, 3.05) is 123 Å². The van der Waals surface area contributed by atoms with Gasteiger partial charge in [-0.2, -0.15) is 0 Å². The van der Waals surface area contributed by atoms with Crippen LogP contribution in [0, 0.1) is 23.0 Å². The first kappa shape index (κ1) is 47.4. The molecule has 1 spiro atoms. The highest BCUT2D eigenvalue weighted by atomic mass is 19.1. The molecule has 0 aliphatic carbocycles. The minimum atomic E-state index is -0.571. The van der Waals surface area contributed by atoms with Crippen LogP contribution in [-0.4, -0.2) is 152 Å². The Morgan fingerprint density at radius 3 is 2.21 bits per heavy atom. The first-order valence-corrected chi connectivity index (χ1v) is 24.8. The van der Waals surface area contributed by atoms with Gasteiger partial charge in [0.25, 0.3) is 0 Å². The molecule has 5 amide bonds. The number of likely N-dealkylation sites (tertiary alicyclic amines) is 2. The van der Waals surface area contributed by atoms with E-state index < -0.39 is 17.2 Å². The van der Waals surface area contributed by atoms with E-state index in [1.54, 1.807) is 16.1 Å².